The van der Waals surface area contributed by atoms with Gasteiger partial charge < -0.3 is 19.9 Å². The van der Waals surface area contributed by atoms with Crippen LogP contribution >= 0.6 is 0 Å². The molecule has 1 fully saturated rings. The number of fused-ring (bicyclic) bond motifs is 1. The van der Waals surface area contributed by atoms with E-state index in [-0.39, 0.29) is 0 Å². The number of ether oxygens (including phenoxy) is 3. The van der Waals surface area contributed by atoms with Crippen molar-refractivity contribution in [2.24, 2.45) is 11.7 Å². The van der Waals surface area contributed by atoms with Crippen molar-refractivity contribution in [3.05, 3.63) is 23.8 Å². The van der Waals surface area contributed by atoms with Gasteiger partial charge in [0.15, 0.2) is 11.5 Å². The van der Waals surface area contributed by atoms with Gasteiger partial charge in [0.1, 0.15) is 0 Å². The molecule has 1 aromatic rings. The van der Waals surface area contributed by atoms with Crippen molar-refractivity contribution in [2.45, 2.75) is 5.92 Å². The minimum Gasteiger partial charge on any atom is -0.454 e. The summed E-state index contributed by atoms with van der Waals surface area (Å²) < 4.78 is 15.9. The minimum atomic E-state index is 0.318. The molecule has 0 bridgehead atoms. The molecule has 1 saturated heterocycles. The molecule has 0 spiro atoms. The Labute approximate surface area is 94.3 Å². The number of hydrogen-bond donors (Lipinski definition) is 1. The number of hydrogen-bond acceptors (Lipinski definition) is 4. The van der Waals surface area contributed by atoms with Gasteiger partial charge in [0.2, 0.25) is 6.79 Å². The molecule has 2 aliphatic heterocycles. The van der Waals surface area contributed by atoms with E-state index in [4.69, 9.17) is 19.9 Å². The van der Waals surface area contributed by atoms with Crippen LogP contribution in [0.15, 0.2) is 18.2 Å². The lowest BCUT2D eigenvalue weighted by molar-refractivity contribution is -0.0437. The van der Waals surface area contributed by atoms with E-state index in [9.17, 15) is 0 Å². The largest absolute Gasteiger partial charge is 0.454 e. The molecule has 2 N–H and O–H groups in total. The van der Waals surface area contributed by atoms with Crippen LogP contribution in [0, 0.1) is 5.92 Å². The molecule has 0 aromatic heterocycles. The maximum Gasteiger partial charge on any atom is 0.231 e. The summed E-state index contributed by atoms with van der Waals surface area (Å²) in [6, 6.07) is 6.07. The topological polar surface area (TPSA) is 53.7 Å². The van der Waals surface area contributed by atoms with Gasteiger partial charge in [-0.1, -0.05) is 6.07 Å². The maximum atomic E-state index is 5.83. The Bertz CT molecular complexity index is 390. The smallest absolute Gasteiger partial charge is 0.231 e. The molecular weight excluding hydrogens is 206 g/mol. The van der Waals surface area contributed by atoms with Crippen LogP contribution in [0.25, 0.3) is 0 Å². The van der Waals surface area contributed by atoms with Gasteiger partial charge in [0.25, 0.3) is 0 Å². The average molecular weight is 221 g/mol. The predicted octanol–water partition coefficient (Wildman–Crippen LogP) is 1.10. The Morgan fingerprint density at radius 1 is 1.25 bits per heavy atom. The number of rotatable bonds is 3. The van der Waals surface area contributed by atoms with Crippen LogP contribution < -0.4 is 15.2 Å². The molecule has 0 aliphatic carbocycles. The van der Waals surface area contributed by atoms with Crippen LogP contribution in [0.5, 0.6) is 11.5 Å². The SMILES string of the molecule is NCC(c1ccc2c(c1)OCO2)C1COC1. The summed E-state index contributed by atoms with van der Waals surface area (Å²) in [6.45, 7) is 2.60. The standard InChI is InChI=1S/C12H15NO3/c13-4-10(9-5-14-6-9)8-1-2-11-12(3-8)16-7-15-11/h1-3,9-10H,4-7,13H2. The number of nitrogens with two attached hydrogens (primary N) is 1. The van der Waals surface area contributed by atoms with E-state index in [0.29, 0.717) is 25.2 Å². The first kappa shape index (κ1) is 9.93. The average Bonchev–Trinajstić information content (AvgIpc) is 2.69. The van der Waals surface area contributed by atoms with E-state index < -0.39 is 0 Å². The Morgan fingerprint density at radius 3 is 2.75 bits per heavy atom. The van der Waals surface area contributed by atoms with Crippen LogP contribution in [-0.4, -0.2) is 26.6 Å². The normalized spacial score (nSPS) is 20.6. The Morgan fingerprint density at radius 2 is 2.06 bits per heavy atom. The highest BCUT2D eigenvalue weighted by molar-refractivity contribution is 5.45. The van der Waals surface area contributed by atoms with Crippen LogP contribution in [0.2, 0.25) is 0 Å². The summed E-state index contributed by atoms with van der Waals surface area (Å²) in [4.78, 5) is 0. The Hall–Kier alpha value is -1.26. The highest BCUT2D eigenvalue weighted by Crippen LogP contribution is 2.37. The third-order valence-corrected chi connectivity index (χ3v) is 3.31. The first-order chi connectivity index (χ1) is 7.88. The molecule has 4 heteroatoms. The van der Waals surface area contributed by atoms with Crippen LogP contribution in [-0.2, 0) is 4.74 Å². The van der Waals surface area contributed by atoms with Crippen molar-refractivity contribution >= 4 is 0 Å². The summed E-state index contributed by atoms with van der Waals surface area (Å²) in [5, 5.41) is 0. The minimum absolute atomic E-state index is 0.318. The summed E-state index contributed by atoms with van der Waals surface area (Å²) in [6.07, 6.45) is 0. The summed E-state index contributed by atoms with van der Waals surface area (Å²) >= 11 is 0. The molecule has 0 radical (unpaired) electrons. The van der Waals surface area contributed by atoms with Crippen LogP contribution in [0.3, 0.4) is 0 Å². The van der Waals surface area contributed by atoms with E-state index in [2.05, 4.69) is 6.07 Å². The monoisotopic (exact) mass is 221 g/mol. The highest BCUT2D eigenvalue weighted by atomic mass is 16.7. The molecule has 2 heterocycles. The summed E-state index contributed by atoms with van der Waals surface area (Å²) in [5.74, 6) is 2.56. The first-order valence-corrected chi connectivity index (χ1v) is 5.56. The molecule has 3 rings (SSSR count). The molecule has 0 amide bonds. The van der Waals surface area contributed by atoms with Crippen molar-refractivity contribution in [1.82, 2.24) is 0 Å². The van der Waals surface area contributed by atoms with Crippen molar-refractivity contribution < 1.29 is 14.2 Å². The Kier molecular flexibility index (Phi) is 2.46. The van der Waals surface area contributed by atoms with Crippen LogP contribution in [0.4, 0.5) is 0 Å². The van der Waals surface area contributed by atoms with E-state index in [1.54, 1.807) is 0 Å². The third kappa shape index (κ3) is 1.54. The fourth-order valence-corrected chi connectivity index (χ4v) is 2.23. The molecule has 1 atom stereocenters. The van der Waals surface area contributed by atoms with Gasteiger partial charge in [-0.15, -0.1) is 0 Å². The Balaban J connectivity index is 1.86. The van der Waals surface area contributed by atoms with Gasteiger partial charge in [0, 0.05) is 11.8 Å². The van der Waals surface area contributed by atoms with E-state index >= 15 is 0 Å². The van der Waals surface area contributed by atoms with E-state index in [1.165, 1.54) is 5.56 Å². The molecule has 2 aliphatic rings. The molecule has 1 aromatic carbocycles. The van der Waals surface area contributed by atoms with E-state index in [1.807, 2.05) is 12.1 Å². The molecule has 4 nitrogen and oxygen atoms in total. The third-order valence-electron chi connectivity index (χ3n) is 3.31. The zero-order chi connectivity index (χ0) is 11.0. The molecule has 1 unspecified atom stereocenters. The van der Waals surface area contributed by atoms with Crippen molar-refractivity contribution in [1.29, 1.82) is 0 Å². The zero-order valence-electron chi connectivity index (χ0n) is 9.02. The second-order valence-electron chi connectivity index (χ2n) is 4.25. The maximum absolute atomic E-state index is 5.83. The summed E-state index contributed by atoms with van der Waals surface area (Å²) in [7, 11) is 0. The van der Waals surface area contributed by atoms with Crippen molar-refractivity contribution in [3.8, 4) is 11.5 Å². The zero-order valence-corrected chi connectivity index (χ0v) is 9.02. The predicted molar refractivity (Wildman–Crippen MR) is 58.7 cm³/mol. The quantitative estimate of drug-likeness (QED) is 0.830. The fourth-order valence-electron chi connectivity index (χ4n) is 2.23. The summed E-state index contributed by atoms with van der Waals surface area (Å²) in [5.41, 5.74) is 7.06. The lowest BCUT2D eigenvalue weighted by Gasteiger charge is -2.33. The lowest BCUT2D eigenvalue weighted by Crippen LogP contribution is -2.36. The molecule has 0 saturated carbocycles. The van der Waals surface area contributed by atoms with E-state index in [0.717, 1.165) is 24.7 Å². The number of benzene rings is 1. The first-order valence-electron chi connectivity index (χ1n) is 5.56. The molecule has 16 heavy (non-hydrogen) atoms. The molecular formula is C12H15NO3. The fraction of sp³-hybridized carbons (Fsp3) is 0.500. The van der Waals surface area contributed by atoms with Gasteiger partial charge in [0.05, 0.1) is 13.2 Å². The van der Waals surface area contributed by atoms with Crippen molar-refractivity contribution in [2.75, 3.05) is 26.6 Å². The lowest BCUT2D eigenvalue weighted by atomic mass is 9.85. The van der Waals surface area contributed by atoms with Gasteiger partial charge in [-0.05, 0) is 24.2 Å². The van der Waals surface area contributed by atoms with Crippen molar-refractivity contribution in [3.63, 3.8) is 0 Å². The van der Waals surface area contributed by atoms with Crippen LogP contribution in [0.1, 0.15) is 11.5 Å². The second kappa shape index (κ2) is 3.96. The molecule has 86 valence electrons. The van der Waals surface area contributed by atoms with Gasteiger partial charge in [-0.3, -0.25) is 0 Å². The highest BCUT2D eigenvalue weighted by Gasteiger charge is 2.29. The second-order valence-corrected chi connectivity index (χ2v) is 4.25. The van der Waals surface area contributed by atoms with Gasteiger partial charge >= 0.3 is 0 Å². The van der Waals surface area contributed by atoms with Gasteiger partial charge in [-0.2, -0.15) is 0 Å². The van der Waals surface area contributed by atoms with Gasteiger partial charge in [-0.25, -0.2) is 0 Å².